The van der Waals surface area contributed by atoms with Crippen molar-refractivity contribution in [2.75, 3.05) is 11.9 Å². The number of anilines is 1. The van der Waals surface area contributed by atoms with Gasteiger partial charge in [0.15, 0.2) is 0 Å². The van der Waals surface area contributed by atoms with Crippen LogP contribution < -0.4 is 10.9 Å². The van der Waals surface area contributed by atoms with Crippen molar-refractivity contribution in [3.05, 3.63) is 81.7 Å². The number of hydrogen-bond acceptors (Lipinski definition) is 6. The Morgan fingerprint density at radius 1 is 1.12 bits per heavy atom. The predicted molar refractivity (Wildman–Crippen MR) is 125 cm³/mol. The third-order valence-electron chi connectivity index (χ3n) is 4.93. The van der Waals surface area contributed by atoms with Crippen LogP contribution in [0.5, 0.6) is 0 Å². The molecule has 4 rings (SSSR count). The van der Waals surface area contributed by atoms with E-state index in [0.29, 0.717) is 15.9 Å². The monoisotopic (exact) mass is 447 g/mol. The van der Waals surface area contributed by atoms with E-state index in [9.17, 15) is 14.4 Å². The fourth-order valence-corrected chi connectivity index (χ4v) is 4.26. The summed E-state index contributed by atoms with van der Waals surface area (Å²) >= 11 is 1.39. The van der Waals surface area contributed by atoms with E-state index in [0.717, 1.165) is 16.7 Å². The van der Waals surface area contributed by atoms with E-state index in [2.05, 4.69) is 10.3 Å². The first-order valence-electron chi connectivity index (χ1n) is 10.1. The van der Waals surface area contributed by atoms with Crippen LogP contribution in [0.3, 0.4) is 0 Å². The van der Waals surface area contributed by atoms with Crippen molar-refractivity contribution in [1.29, 1.82) is 0 Å². The Morgan fingerprint density at radius 3 is 2.62 bits per heavy atom. The summed E-state index contributed by atoms with van der Waals surface area (Å²) in [5.41, 5.74) is 3.14. The van der Waals surface area contributed by atoms with E-state index >= 15 is 0 Å². The quantitative estimate of drug-likeness (QED) is 0.446. The maximum Gasteiger partial charge on any atom is 0.340 e. The number of benzene rings is 2. The Bertz CT molecular complexity index is 1360. The molecule has 0 aliphatic rings. The van der Waals surface area contributed by atoms with Gasteiger partial charge in [-0.25, -0.2) is 9.78 Å². The summed E-state index contributed by atoms with van der Waals surface area (Å²) in [5.74, 6) is -0.971. The molecule has 2 heterocycles. The van der Waals surface area contributed by atoms with Crippen molar-refractivity contribution >= 4 is 39.1 Å². The second kappa shape index (κ2) is 9.15. The summed E-state index contributed by atoms with van der Waals surface area (Å²) in [5, 5.41) is 5.09. The van der Waals surface area contributed by atoms with Gasteiger partial charge in [0.25, 0.3) is 5.56 Å². The highest BCUT2D eigenvalue weighted by Gasteiger charge is 2.17. The zero-order valence-electron chi connectivity index (χ0n) is 17.6. The number of hydrogen-bond donors (Lipinski definition) is 1. The van der Waals surface area contributed by atoms with Gasteiger partial charge in [0, 0.05) is 10.9 Å². The first-order chi connectivity index (χ1) is 15.5. The summed E-state index contributed by atoms with van der Waals surface area (Å²) < 4.78 is 6.31. The van der Waals surface area contributed by atoms with Crippen LogP contribution in [0.1, 0.15) is 22.8 Å². The van der Waals surface area contributed by atoms with E-state index in [1.165, 1.54) is 22.2 Å². The number of aromatic nitrogens is 2. The second-order valence-electron chi connectivity index (χ2n) is 7.19. The SMILES string of the molecule is CCOC(=O)c1ccccc1NC(=O)Cn1cnc2scc(-c3ccc(C)cc3)c2c1=O. The number of carbonyl (C=O) groups excluding carboxylic acids is 2. The topological polar surface area (TPSA) is 90.3 Å². The van der Waals surface area contributed by atoms with E-state index < -0.39 is 11.9 Å². The molecule has 0 saturated heterocycles. The number of para-hydroxylation sites is 1. The van der Waals surface area contributed by atoms with Crippen molar-refractivity contribution < 1.29 is 14.3 Å². The number of thiophene rings is 1. The Labute approximate surface area is 188 Å². The van der Waals surface area contributed by atoms with Gasteiger partial charge in [-0.3, -0.25) is 14.2 Å². The Hall–Kier alpha value is -3.78. The number of amides is 1. The first-order valence-corrected chi connectivity index (χ1v) is 11.0. The number of rotatable bonds is 6. The molecule has 162 valence electrons. The van der Waals surface area contributed by atoms with Crippen LogP contribution in [0.2, 0.25) is 0 Å². The minimum absolute atomic E-state index is 0.228. The largest absolute Gasteiger partial charge is 0.462 e. The molecule has 1 amide bonds. The molecule has 0 spiro atoms. The van der Waals surface area contributed by atoms with E-state index in [1.54, 1.807) is 31.2 Å². The third-order valence-corrected chi connectivity index (χ3v) is 5.82. The smallest absolute Gasteiger partial charge is 0.340 e. The van der Waals surface area contributed by atoms with E-state index in [4.69, 9.17) is 4.74 Å². The minimum atomic E-state index is -0.523. The highest BCUT2D eigenvalue weighted by atomic mass is 32.1. The normalized spacial score (nSPS) is 10.8. The van der Waals surface area contributed by atoms with Crippen LogP contribution in [0.25, 0.3) is 21.3 Å². The van der Waals surface area contributed by atoms with Gasteiger partial charge in [-0.15, -0.1) is 11.3 Å². The molecule has 0 radical (unpaired) electrons. The summed E-state index contributed by atoms with van der Waals surface area (Å²) in [4.78, 5) is 43.0. The molecule has 0 unspecified atom stereocenters. The molecule has 2 aromatic carbocycles. The number of fused-ring (bicyclic) bond motifs is 1. The van der Waals surface area contributed by atoms with Gasteiger partial charge >= 0.3 is 5.97 Å². The van der Waals surface area contributed by atoms with Gasteiger partial charge in [0.2, 0.25) is 5.91 Å². The predicted octanol–water partition coefficient (Wildman–Crippen LogP) is 4.25. The maximum absolute atomic E-state index is 13.2. The molecule has 0 aliphatic heterocycles. The van der Waals surface area contributed by atoms with Crippen LogP contribution in [0.4, 0.5) is 5.69 Å². The average molecular weight is 448 g/mol. The van der Waals surface area contributed by atoms with Crippen molar-refractivity contribution in [2.45, 2.75) is 20.4 Å². The summed E-state index contributed by atoms with van der Waals surface area (Å²) in [6.07, 6.45) is 1.37. The van der Waals surface area contributed by atoms with Gasteiger partial charge in [-0.1, -0.05) is 42.0 Å². The fourth-order valence-electron chi connectivity index (χ4n) is 3.35. The lowest BCUT2D eigenvalue weighted by atomic mass is 10.1. The minimum Gasteiger partial charge on any atom is -0.462 e. The molecule has 4 aromatic rings. The molecule has 0 aliphatic carbocycles. The number of ether oxygens (including phenoxy) is 1. The molecule has 8 heteroatoms. The lowest BCUT2D eigenvalue weighted by molar-refractivity contribution is -0.116. The molecular weight excluding hydrogens is 426 g/mol. The molecule has 32 heavy (non-hydrogen) atoms. The molecule has 0 fully saturated rings. The van der Waals surface area contributed by atoms with E-state index in [-0.39, 0.29) is 24.3 Å². The molecule has 0 saturated carbocycles. The lowest BCUT2D eigenvalue weighted by Crippen LogP contribution is -2.28. The van der Waals surface area contributed by atoms with Crippen molar-refractivity contribution in [2.24, 2.45) is 0 Å². The number of carbonyl (C=O) groups is 2. The molecular formula is C24H21N3O4S. The van der Waals surface area contributed by atoms with Gasteiger partial charge in [0.05, 0.1) is 29.6 Å². The highest BCUT2D eigenvalue weighted by molar-refractivity contribution is 7.17. The van der Waals surface area contributed by atoms with Crippen molar-refractivity contribution in [3.8, 4) is 11.1 Å². The molecule has 0 atom stereocenters. The molecule has 2 aromatic heterocycles. The lowest BCUT2D eigenvalue weighted by Gasteiger charge is -2.11. The Morgan fingerprint density at radius 2 is 1.88 bits per heavy atom. The standard InChI is InChI=1S/C24H21N3O4S/c1-3-31-24(30)17-6-4-5-7-19(17)26-20(28)12-27-14-25-22-21(23(27)29)18(13-32-22)16-10-8-15(2)9-11-16/h4-11,13-14H,3,12H2,1-2H3,(H,26,28). The van der Waals surface area contributed by atoms with Crippen LogP contribution in [0, 0.1) is 6.92 Å². The highest BCUT2D eigenvalue weighted by Crippen LogP contribution is 2.30. The fraction of sp³-hybridized carbons (Fsp3) is 0.167. The Kier molecular flexibility index (Phi) is 6.13. The maximum atomic E-state index is 13.2. The van der Waals surface area contributed by atoms with Crippen molar-refractivity contribution in [1.82, 2.24) is 9.55 Å². The van der Waals surface area contributed by atoms with Crippen molar-refractivity contribution in [3.63, 3.8) is 0 Å². The van der Waals surface area contributed by atoms with Crippen LogP contribution >= 0.6 is 11.3 Å². The molecule has 7 nitrogen and oxygen atoms in total. The Balaban J connectivity index is 1.62. The van der Waals surface area contributed by atoms with Crippen LogP contribution in [-0.4, -0.2) is 28.0 Å². The summed E-state index contributed by atoms with van der Waals surface area (Å²) in [6.45, 7) is 3.71. The van der Waals surface area contributed by atoms with E-state index in [1.807, 2.05) is 36.6 Å². The third kappa shape index (κ3) is 4.31. The zero-order chi connectivity index (χ0) is 22.7. The number of nitrogens with one attached hydrogen (secondary N) is 1. The first kappa shape index (κ1) is 21.5. The van der Waals surface area contributed by atoms with Gasteiger partial charge < -0.3 is 10.1 Å². The zero-order valence-corrected chi connectivity index (χ0v) is 18.4. The number of esters is 1. The summed E-state index contributed by atoms with van der Waals surface area (Å²) in [7, 11) is 0. The van der Waals surface area contributed by atoms with Crippen LogP contribution in [-0.2, 0) is 16.1 Å². The molecule has 0 bridgehead atoms. The summed E-state index contributed by atoms with van der Waals surface area (Å²) in [6, 6.07) is 14.5. The second-order valence-corrected chi connectivity index (χ2v) is 8.05. The number of aryl methyl sites for hydroxylation is 1. The number of nitrogens with zero attached hydrogens (tertiary/aromatic N) is 2. The molecule has 1 N–H and O–H groups in total. The van der Waals surface area contributed by atoms with Gasteiger partial charge in [0.1, 0.15) is 11.4 Å². The average Bonchev–Trinajstić information content (AvgIpc) is 3.22. The van der Waals surface area contributed by atoms with Gasteiger partial charge in [-0.2, -0.15) is 0 Å². The van der Waals surface area contributed by atoms with Crippen LogP contribution in [0.15, 0.2) is 65.0 Å². The van der Waals surface area contributed by atoms with Gasteiger partial charge in [-0.05, 0) is 31.5 Å².